The van der Waals surface area contributed by atoms with E-state index in [9.17, 15) is 18.0 Å². The van der Waals surface area contributed by atoms with Crippen molar-refractivity contribution in [3.8, 4) is 0 Å². The van der Waals surface area contributed by atoms with E-state index in [1.54, 1.807) is 0 Å². The topological polar surface area (TPSA) is 53.2 Å². The van der Waals surface area contributed by atoms with Crippen molar-refractivity contribution in [3.63, 3.8) is 0 Å². The predicted octanol–water partition coefficient (Wildman–Crippen LogP) is 4.21. The van der Waals surface area contributed by atoms with Gasteiger partial charge in [-0.25, -0.2) is 10.9 Å². The second kappa shape index (κ2) is 7.26. The highest BCUT2D eigenvalue weighted by molar-refractivity contribution is 6.33. The van der Waals surface area contributed by atoms with E-state index in [1.807, 2.05) is 31.2 Å². The van der Waals surface area contributed by atoms with E-state index in [0.717, 1.165) is 29.3 Å². The molecule has 0 aliphatic carbocycles. The zero-order valence-electron chi connectivity index (χ0n) is 13.8. The fourth-order valence-electron chi connectivity index (χ4n) is 2.76. The van der Waals surface area contributed by atoms with Crippen molar-refractivity contribution in [1.29, 1.82) is 0 Å². The normalized spacial score (nSPS) is 20.2. The Morgan fingerprint density at radius 2 is 1.85 bits per heavy atom. The minimum absolute atomic E-state index is 0.0485. The number of carbonyl (C=O) groups excluding carboxylic acids is 1. The summed E-state index contributed by atoms with van der Waals surface area (Å²) in [4.78, 5) is 12.4. The fraction of sp³-hybridized carbons (Fsp3) is 0.278. The molecule has 1 amide bonds. The summed E-state index contributed by atoms with van der Waals surface area (Å²) in [5.41, 5.74) is 7.14. The van der Waals surface area contributed by atoms with Crippen LogP contribution < -0.4 is 16.2 Å². The summed E-state index contributed by atoms with van der Waals surface area (Å²) in [7, 11) is 0. The lowest BCUT2D eigenvalue weighted by molar-refractivity contribution is -0.137. The number of anilines is 1. The Morgan fingerprint density at radius 3 is 2.50 bits per heavy atom. The van der Waals surface area contributed by atoms with Crippen molar-refractivity contribution < 1.29 is 18.0 Å². The van der Waals surface area contributed by atoms with E-state index >= 15 is 0 Å². The van der Waals surface area contributed by atoms with Crippen LogP contribution in [0.3, 0.4) is 0 Å². The number of alkyl halides is 3. The van der Waals surface area contributed by atoms with Gasteiger partial charge >= 0.3 is 6.18 Å². The van der Waals surface area contributed by atoms with Crippen LogP contribution in [0.2, 0.25) is 5.02 Å². The summed E-state index contributed by atoms with van der Waals surface area (Å²) in [6.07, 6.45) is -4.04. The molecule has 3 N–H and O–H groups in total. The van der Waals surface area contributed by atoms with Crippen molar-refractivity contribution >= 4 is 23.2 Å². The van der Waals surface area contributed by atoms with Gasteiger partial charge in [0, 0.05) is 6.04 Å². The number of nitrogens with one attached hydrogen (secondary N) is 3. The second-order valence-electron chi connectivity index (χ2n) is 6.22. The Balaban J connectivity index is 1.68. The molecule has 8 heteroatoms. The Morgan fingerprint density at radius 1 is 1.15 bits per heavy atom. The number of hydrogen-bond acceptors (Lipinski definition) is 3. The molecule has 1 saturated heterocycles. The van der Waals surface area contributed by atoms with Gasteiger partial charge in [-0.2, -0.15) is 13.2 Å². The van der Waals surface area contributed by atoms with Crippen molar-refractivity contribution in [1.82, 2.24) is 10.9 Å². The molecule has 0 radical (unpaired) electrons. The minimum Gasteiger partial charge on any atom is -0.323 e. The van der Waals surface area contributed by atoms with Crippen LogP contribution in [0.4, 0.5) is 18.9 Å². The van der Waals surface area contributed by atoms with Crippen molar-refractivity contribution in [3.05, 3.63) is 64.2 Å². The van der Waals surface area contributed by atoms with Gasteiger partial charge in [-0.05, 0) is 37.1 Å². The number of amides is 1. The van der Waals surface area contributed by atoms with Crippen molar-refractivity contribution in [2.75, 3.05) is 5.32 Å². The van der Waals surface area contributed by atoms with Crippen molar-refractivity contribution in [2.24, 2.45) is 0 Å². The molecular weight excluding hydrogens is 367 g/mol. The molecule has 138 valence electrons. The molecular formula is C18H17ClF3N3O. The van der Waals surface area contributed by atoms with Crippen LogP contribution in [0.15, 0.2) is 42.5 Å². The molecule has 1 aliphatic rings. The number of carbonyl (C=O) groups is 1. The largest absolute Gasteiger partial charge is 0.416 e. The molecule has 0 spiro atoms. The first-order valence-electron chi connectivity index (χ1n) is 7.99. The van der Waals surface area contributed by atoms with Gasteiger partial charge in [0.25, 0.3) is 0 Å². The SMILES string of the molecule is Cc1ccc(C2CC(C(=O)Nc3cc(C(F)(F)F)ccc3Cl)NN2)cc1. The lowest BCUT2D eigenvalue weighted by Gasteiger charge is -2.14. The molecule has 1 heterocycles. The first-order valence-corrected chi connectivity index (χ1v) is 8.37. The number of aryl methyl sites for hydroxylation is 1. The first-order chi connectivity index (χ1) is 12.2. The number of hydrogen-bond donors (Lipinski definition) is 3. The molecule has 0 saturated carbocycles. The lowest BCUT2D eigenvalue weighted by atomic mass is 10.0. The molecule has 2 aromatic carbocycles. The summed E-state index contributed by atoms with van der Waals surface area (Å²) in [5, 5.41) is 2.52. The van der Waals surface area contributed by atoms with Crippen LogP contribution in [-0.4, -0.2) is 11.9 Å². The van der Waals surface area contributed by atoms with Gasteiger partial charge in [-0.1, -0.05) is 41.4 Å². The van der Waals surface area contributed by atoms with Gasteiger partial charge in [0.05, 0.1) is 16.3 Å². The molecule has 0 aromatic heterocycles. The minimum atomic E-state index is -4.51. The molecule has 0 bridgehead atoms. The summed E-state index contributed by atoms with van der Waals surface area (Å²) in [5.74, 6) is -0.451. The zero-order chi connectivity index (χ0) is 18.9. The molecule has 2 unspecified atom stereocenters. The molecule has 26 heavy (non-hydrogen) atoms. The monoisotopic (exact) mass is 383 g/mol. The highest BCUT2D eigenvalue weighted by atomic mass is 35.5. The van der Waals surface area contributed by atoms with E-state index in [4.69, 9.17) is 11.6 Å². The Hall–Kier alpha value is -2.09. The van der Waals surface area contributed by atoms with E-state index < -0.39 is 23.7 Å². The first kappa shape index (κ1) is 18.7. The average molecular weight is 384 g/mol. The highest BCUT2D eigenvalue weighted by Gasteiger charge is 2.33. The number of rotatable bonds is 3. The Bertz CT molecular complexity index is 808. The lowest BCUT2D eigenvalue weighted by Crippen LogP contribution is -2.39. The van der Waals surface area contributed by atoms with Crippen LogP contribution in [0.1, 0.15) is 29.2 Å². The molecule has 4 nitrogen and oxygen atoms in total. The third-order valence-electron chi connectivity index (χ3n) is 4.25. The third kappa shape index (κ3) is 4.17. The Labute approximate surface area is 153 Å². The number of halogens is 4. The molecule has 2 atom stereocenters. The predicted molar refractivity (Wildman–Crippen MR) is 93.7 cm³/mol. The fourth-order valence-corrected chi connectivity index (χ4v) is 2.93. The number of benzene rings is 2. The molecule has 1 fully saturated rings. The maximum Gasteiger partial charge on any atom is 0.416 e. The standard InChI is InChI=1S/C18H17ClF3N3O/c1-10-2-4-11(5-3-10)14-9-16(25-24-14)17(26)23-15-8-12(18(20,21)22)6-7-13(15)19/h2-8,14,16,24-25H,9H2,1H3,(H,23,26). The van der Waals surface area contributed by atoms with Gasteiger partial charge in [0.1, 0.15) is 6.04 Å². The molecule has 2 aromatic rings. The van der Waals surface area contributed by atoms with Gasteiger partial charge in [-0.15, -0.1) is 0 Å². The summed E-state index contributed by atoms with van der Waals surface area (Å²) in [6.45, 7) is 1.99. The Kier molecular flexibility index (Phi) is 5.22. The summed E-state index contributed by atoms with van der Waals surface area (Å²) < 4.78 is 38.5. The van der Waals surface area contributed by atoms with E-state index in [-0.39, 0.29) is 16.8 Å². The van der Waals surface area contributed by atoms with Crippen LogP contribution in [0.25, 0.3) is 0 Å². The summed E-state index contributed by atoms with van der Waals surface area (Å²) in [6, 6.07) is 10.1. The zero-order valence-corrected chi connectivity index (χ0v) is 14.6. The van der Waals surface area contributed by atoms with E-state index in [2.05, 4.69) is 16.2 Å². The van der Waals surface area contributed by atoms with Gasteiger partial charge in [0.2, 0.25) is 5.91 Å². The average Bonchev–Trinajstić information content (AvgIpc) is 3.06. The van der Waals surface area contributed by atoms with E-state index in [0.29, 0.717) is 6.42 Å². The molecule has 3 rings (SSSR count). The van der Waals surface area contributed by atoms with Gasteiger partial charge in [-0.3, -0.25) is 4.79 Å². The van der Waals surface area contributed by atoms with Gasteiger partial charge < -0.3 is 5.32 Å². The third-order valence-corrected chi connectivity index (χ3v) is 4.58. The molecule has 1 aliphatic heterocycles. The second-order valence-corrected chi connectivity index (χ2v) is 6.63. The smallest absolute Gasteiger partial charge is 0.323 e. The quantitative estimate of drug-likeness (QED) is 0.744. The van der Waals surface area contributed by atoms with Crippen LogP contribution >= 0.6 is 11.6 Å². The van der Waals surface area contributed by atoms with Crippen LogP contribution in [0.5, 0.6) is 0 Å². The van der Waals surface area contributed by atoms with Gasteiger partial charge in [0.15, 0.2) is 0 Å². The van der Waals surface area contributed by atoms with Crippen LogP contribution in [-0.2, 0) is 11.0 Å². The van der Waals surface area contributed by atoms with Crippen LogP contribution in [0, 0.1) is 6.92 Å². The van der Waals surface area contributed by atoms with Crippen molar-refractivity contribution in [2.45, 2.75) is 31.6 Å². The highest BCUT2D eigenvalue weighted by Crippen LogP contribution is 2.34. The maximum absolute atomic E-state index is 12.8. The number of hydrazine groups is 1. The summed E-state index contributed by atoms with van der Waals surface area (Å²) >= 11 is 5.92. The maximum atomic E-state index is 12.8. The van der Waals surface area contributed by atoms with E-state index in [1.165, 1.54) is 0 Å².